The van der Waals surface area contributed by atoms with Crippen LogP contribution in [0.5, 0.6) is 0 Å². The van der Waals surface area contributed by atoms with Crippen molar-refractivity contribution in [2.75, 3.05) is 0 Å². The summed E-state index contributed by atoms with van der Waals surface area (Å²) in [7, 11) is 0. The van der Waals surface area contributed by atoms with Crippen LogP contribution in [0.15, 0.2) is 78.9 Å². The van der Waals surface area contributed by atoms with Crippen LogP contribution in [0.1, 0.15) is 27.5 Å². The first-order chi connectivity index (χ1) is 12.1. The second-order valence-electron chi connectivity index (χ2n) is 5.69. The third-order valence-electron chi connectivity index (χ3n) is 3.97. The second-order valence-corrected chi connectivity index (χ2v) is 6.53. The van der Waals surface area contributed by atoms with Gasteiger partial charge in [0.1, 0.15) is 0 Å². The maximum Gasteiger partial charge on any atom is 0.184 e. The Hall–Kier alpha value is -2.13. The lowest BCUT2D eigenvalue weighted by molar-refractivity contribution is 0.0942. The van der Waals surface area contributed by atoms with Crippen molar-refractivity contribution in [2.45, 2.75) is 12.6 Å². The second kappa shape index (κ2) is 8.30. The molecule has 0 aliphatic heterocycles. The number of nitrogens with one attached hydrogen (secondary N) is 1. The van der Waals surface area contributed by atoms with Gasteiger partial charge in [-0.3, -0.25) is 10.1 Å². The molecule has 4 heteroatoms. The maximum atomic E-state index is 13.0. The lowest BCUT2D eigenvalue weighted by Gasteiger charge is -2.19. The van der Waals surface area contributed by atoms with Crippen LogP contribution >= 0.6 is 23.2 Å². The summed E-state index contributed by atoms with van der Waals surface area (Å²) in [6.45, 7) is 0.466. The molecule has 0 aliphatic rings. The molecule has 25 heavy (non-hydrogen) atoms. The van der Waals surface area contributed by atoms with Crippen LogP contribution in [0.4, 0.5) is 0 Å². The zero-order valence-corrected chi connectivity index (χ0v) is 15.0. The summed E-state index contributed by atoms with van der Waals surface area (Å²) in [5, 5.41) is 4.51. The number of benzene rings is 3. The van der Waals surface area contributed by atoms with E-state index in [1.54, 1.807) is 12.1 Å². The monoisotopic (exact) mass is 369 g/mol. The smallest absolute Gasteiger partial charge is 0.184 e. The first-order valence-electron chi connectivity index (χ1n) is 7.96. The Kier molecular flexibility index (Phi) is 5.87. The van der Waals surface area contributed by atoms with Gasteiger partial charge < -0.3 is 0 Å². The summed E-state index contributed by atoms with van der Waals surface area (Å²) >= 11 is 12.2. The molecule has 0 amide bonds. The normalized spacial score (nSPS) is 11.9. The molecule has 1 unspecified atom stereocenters. The highest BCUT2D eigenvalue weighted by Gasteiger charge is 2.21. The summed E-state index contributed by atoms with van der Waals surface area (Å²) in [6.07, 6.45) is 0. The summed E-state index contributed by atoms with van der Waals surface area (Å²) < 4.78 is 0. The minimum absolute atomic E-state index is 0.0249. The van der Waals surface area contributed by atoms with E-state index in [-0.39, 0.29) is 5.78 Å². The van der Waals surface area contributed by atoms with Crippen LogP contribution in [0.2, 0.25) is 10.0 Å². The van der Waals surface area contributed by atoms with Gasteiger partial charge in [0.2, 0.25) is 0 Å². The van der Waals surface area contributed by atoms with Crippen LogP contribution in [0.3, 0.4) is 0 Å². The molecule has 0 saturated carbocycles. The Bertz CT molecular complexity index is 850. The summed E-state index contributed by atoms with van der Waals surface area (Å²) in [4.78, 5) is 13.0. The van der Waals surface area contributed by atoms with Crippen molar-refractivity contribution in [1.82, 2.24) is 5.32 Å². The van der Waals surface area contributed by atoms with E-state index in [2.05, 4.69) is 5.32 Å². The molecule has 3 aromatic carbocycles. The van der Waals surface area contributed by atoms with E-state index in [0.717, 1.165) is 11.1 Å². The van der Waals surface area contributed by atoms with E-state index in [0.29, 0.717) is 22.2 Å². The van der Waals surface area contributed by atoms with Gasteiger partial charge in [0.15, 0.2) is 5.78 Å². The van der Waals surface area contributed by atoms with Gasteiger partial charge in [-0.05, 0) is 23.3 Å². The summed E-state index contributed by atoms with van der Waals surface area (Å²) in [6, 6.07) is 23.9. The van der Waals surface area contributed by atoms with E-state index in [4.69, 9.17) is 23.2 Å². The first-order valence-corrected chi connectivity index (χ1v) is 8.72. The number of carbonyl (C=O) groups is 1. The van der Waals surface area contributed by atoms with E-state index in [1.165, 1.54) is 0 Å². The van der Waals surface area contributed by atoms with Crippen molar-refractivity contribution in [3.63, 3.8) is 0 Å². The molecule has 0 spiro atoms. The Morgan fingerprint density at radius 2 is 1.52 bits per heavy atom. The molecule has 0 saturated heterocycles. The molecule has 0 aromatic heterocycles. The maximum absolute atomic E-state index is 13.0. The lowest BCUT2D eigenvalue weighted by Crippen LogP contribution is -2.28. The molecule has 3 aromatic rings. The molecule has 0 fully saturated rings. The molecule has 0 aliphatic carbocycles. The Morgan fingerprint density at radius 3 is 2.16 bits per heavy atom. The fraction of sp³-hybridized carbons (Fsp3) is 0.0952. The third-order valence-corrected chi connectivity index (χ3v) is 4.55. The highest BCUT2D eigenvalue weighted by atomic mass is 35.5. The Labute approximate surface area is 157 Å². The van der Waals surface area contributed by atoms with Crippen LogP contribution in [0.25, 0.3) is 0 Å². The number of ketones is 1. The first kappa shape index (κ1) is 17.7. The number of hydrogen-bond donors (Lipinski definition) is 1. The van der Waals surface area contributed by atoms with E-state index >= 15 is 0 Å². The molecule has 3 rings (SSSR count). The molecule has 126 valence electrons. The van der Waals surface area contributed by atoms with Crippen LogP contribution in [0, 0.1) is 0 Å². The minimum atomic E-state index is -0.449. The van der Waals surface area contributed by atoms with Gasteiger partial charge in [0.05, 0.1) is 6.04 Å². The number of rotatable bonds is 6. The average Bonchev–Trinajstić information content (AvgIpc) is 2.65. The van der Waals surface area contributed by atoms with Crippen molar-refractivity contribution in [1.29, 1.82) is 0 Å². The van der Waals surface area contributed by atoms with E-state index < -0.39 is 6.04 Å². The van der Waals surface area contributed by atoms with Crippen molar-refractivity contribution in [3.05, 3.63) is 106 Å². The molecule has 0 bridgehead atoms. The fourth-order valence-electron chi connectivity index (χ4n) is 2.65. The van der Waals surface area contributed by atoms with Gasteiger partial charge in [-0.25, -0.2) is 0 Å². The van der Waals surface area contributed by atoms with Crippen LogP contribution < -0.4 is 5.32 Å². The molecule has 2 nitrogen and oxygen atoms in total. The lowest BCUT2D eigenvalue weighted by atomic mass is 9.97. The largest absolute Gasteiger partial charge is 0.299 e. The zero-order chi connectivity index (χ0) is 17.6. The summed E-state index contributed by atoms with van der Waals surface area (Å²) in [5.74, 6) is 0.0249. The predicted octanol–water partition coefficient (Wildman–Crippen LogP) is 5.71. The van der Waals surface area contributed by atoms with Crippen molar-refractivity contribution >= 4 is 29.0 Å². The Morgan fingerprint density at radius 1 is 0.880 bits per heavy atom. The number of halogens is 2. The standard InChI is InChI=1S/C21H17Cl2NO/c22-18-12-11-17(19(23)13-18)14-24-20(15-7-3-1-4-8-15)21(25)16-9-5-2-6-10-16/h1-13,20,24H,14H2. The topological polar surface area (TPSA) is 29.1 Å². The predicted molar refractivity (Wildman–Crippen MR) is 103 cm³/mol. The van der Waals surface area contributed by atoms with Crippen molar-refractivity contribution in [3.8, 4) is 0 Å². The molecular formula is C21H17Cl2NO. The van der Waals surface area contributed by atoms with Crippen LogP contribution in [-0.2, 0) is 6.54 Å². The molecular weight excluding hydrogens is 353 g/mol. The van der Waals surface area contributed by atoms with E-state index in [9.17, 15) is 4.79 Å². The van der Waals surface area contributed by atoms with Crippen LogP contribution in [-0.4, -0.2) is 5.78 Å². The number of Topliss-reactive ketones (excluding diaryl/α,β-unsaturated/α-hetero) is 1. The van der Waals surface area contributed by atoms with Gasteiger partial charge in [-0.1, -0.05) is 89.9 Å². The average molecular weight is 370 g/mol. The van der Waals surface area contributed by atoms with Crippen molar-refractivity contribution in [2.24, 2.45) is 0 Å². The number of carbonyl (C=O) groups excluding carboxylic acids is 1. The molecule has 1 atom stereocenters. The number of hydrogen-bond acceptors (Lipinski definition) is 2. The van der Waals surface area contributed by atoms with Gasteiger partial charge in [0, 0.05) is 22.2 Å². The van der Waals surface area contributed by atoms with E-state index in [1.807, 2.05) is 66.7 Å². The molecule has 1 N–H and O–H groups in total. The summed E-state index contributed by atoms with van der Waals surface area (Å²) in [5.41, 5.74) is 2.49. The molecule has 0 heterocycles. The minimum Gasteiger partial charge on any atom is -0.299 e. The highest BCUT2D eigenvalue weighted by molar-refractivity contribution is 6.35. The quantitative estimate of drug-likeness (QED) is 0.564. The third kappa shape index (κ3) is 4.49. The van der Waals surface area contributed by atoms with Crippen molar-refractivity contribution < 1.29 is 4.79 Å². The van der Waals surface area contributed by atoms with Gasteiger partial charge in [0.25, 0.3) is 0 Å². The van der Waals surface area contributed by atoms with Gasteiger partial charge >= 0.3 is 0 Å². The fourth-order valence-corrected chi connectivity index (χ4v) is 3.13. The molecule has 0 radical (unpaired) electrons. The highest BCUT2D eigenvalue weighted by Crippen LogP contribution is 2.23. The SMILES string of the molecule is O=C(c1ccccc1)C(NCc1ccc(Cl)cc1Cl)c1ccccc1. The van der Waals surface area contributed by atoms with Gasteiger partial charge in [-0.15, -0.1) is 0 Å². The zero-order valence-electron chi connectivity index (χ0n) is 13.5. The van der Waals surface area contributed by atoms with Gasteiger partial charge in [-0.2, -0.15) is 0 Å². The Balaban J connectivity index is 1.85.